The Kier molecular flexibility index (Phi) is 11.3. The first-order valence-corrected chi connectivity index (χ1v) is 10.6. The van der Waals surface area contributed by atoms with Crippen molar-refractivity contribution in [2.24, 2.45) is 11.3 Å². The van der Waals surface area contributed by atoms with Gasteiger partial charge in [-0.15, -0.1) is 0 Å². The van der Waals surface area contributed by atoms with Crippen LogP contribution < -0.4 is 10.8 Å². The van der Waals surface area contributed by atoms with Crippen LogP contribution in [0, 0.1) is 11.3 Å². The molecule has 0 aliphatic heterocycles. The lowest BCUT2D eigenvalue weighted by Crippen LogP contribution is -2.39. The molecule has 0 aromatic heterocycles. The molecule has 0 spiro atoms. The van der Waals surface area contributed by atoms with Gasteiger partial charge in [0.25, 0.3) is 0 Å². The van der Waals surface area contributed by atoms with E-state index < -0.39 is 5.60 Å². The molecule has 0 aromatic carbocycles. The second-order valence-electron chi connectivity index (χ2n) is 10.1. The summed E-state index contributed by atoms with van der Waals surface area (Å²) in [6.45, 7) is 19.4. The summed E-state index contributed by atoms with van der Waals surface area (Å²) in [6.07, 6.45) is 3.31. The highest BCUT2D eigenvalue weighted by molar-refractivity contribution is 5.75. The van der Waals surface area contributed by atoms with Gasteiger partial charge in [0.05, 0.1) is 17.8 Å². The molecule has 0 fully saturated rings. The minimum Gasteiger partial charge on any atom is -0.375 e. The largest absolute Gasteiger partial charge is 0.375 e. The van der Waals surface area contributed by atoms with Crippen molar-refractivity contribution in [3.63, 3.8) is 0 Å². The van der Waals surface area contributed by atoms with Gasteiger partial charge >= 0.3 is 0 Å². The van der Waals surface area contributed by atoms with Gasteiger partial charge in [-0.1, -0.05) is 34.6 Å². The minimum absolute atomic E-state index is 0.0495. The molecule has 0 saturated carbocycles. The smallest absolute Gasteiger partial charge is 0.244 e. The lowest BCUT2D eigenvalue weighted by Gasteiger charge is -2.30. The Hall–Kier alpha value is -1.14. The van der Waals surface area contributed by atoms with E-state index in [2.05, 4.69) is 38.5 Å². The molecule has 0 heterocycles. The predicted octanol–water partition coefficient (Wildman–Crippen LogP) is 4.38. The molecule has 0 saturated heterocycles. The fourth-order valence-electron chi connectivity index (χ4n) is 3.17. The Bertz CT molecular complexity index is 485. The van der Waals surface area contributed by atoms with Crippen molar-refractivity contribution in [2.75, 3.05) is 13.2 Å². The van der Waals surface area contributed by atoms with E-state index in [4.69, 9.17) is 9.57 Å². The summed E-state index contributed by atoms with van der Waals surface area (Å²) in [4.78, 5) is 29.2. The number of amides is 2. The van der Waals surface area contributed by atoms with Crippen LogP contribution in [-0.2, 0) is 19.2 Å². The molecule has 0 aliphatic carbocycles. The summed E-state index contributed by atoms with van der Waals surface area (Å²) in [5.74, 6) is 0.514. The van der Waals surface area contributed by atoms with Gasteiger partial charge in [-0.05, 0) is 51.9 Å². The van der Waals surface area contributed by atoms with Crippen molar-refractivity contribution in [1.82, 2.24) is 10.8 Å². The highest BCUT2D eigenvalue weighted by atomic mass is 16.7. The zero-order chi connectivity index (χ0) is 22.0. The van der Waals surface area contributed by atoms with Gasteiger partial charge in [-0.2, -0.15) is 0 Å². The van der Waals surface area contributed by atoms with Gasteiger partial charge in [-0.3, -0.25) is 14.4 Å². The Balaban J connectivity index is 4.22. The first-order chi connectivity index (χ1) is 12.7. The average Bonchev–Trinajstić information content (AvgIpc) is 2.50. The van der Waals surface area contributed by atoms with Gasteiger partial charge in [0.1, 0.15) is 0 Å². The molecule has 166 valence electrons. The normalized spacial score (nSPS) is 12.9. The van der Waals surface area contributed by atoms with Crippen LogP contribution in [0.5, 0.6) is 0 Å². The minimum atomic E-state index is -0.523. The topological polar surface area (TPSA) is 76.7 Å². The van der Waals surface area contributed by atoms with E-state index >= 15 is 0 Å². The van der Waals surface area contributed by atoms with Crippen molar-refractivity contribution in [3.05, 3.63) is 0 Å². The third-order valence-electron chi connectivity index (χ3n) is 4.61. The zero-order valence-electron chi connectivity index (χ0n) is 19.7. The maximum atomic E-state index is 12.2. The highest BCUT2D eigenvalue weighted by Gasteiger charge is 2.26. The number of carbonyl (C=O) groups is 2. The number of nitrogens with one attached hydrogen (secondary N) is 2. The van der Waals surface area contributed by atoms with Crippen molar-refractivity contribution >= 4 is 11.8 Å². The number of carbonyl (C=O) groups excluding carboxylic acids is 2. The SMILES string of the molecule is CCC(=O)NCCC(C)(C)OCCC(C)(C)ONC(=O)CC(C)(C)CC(C)C. The lowest BCUT2D eigenvalue weighted by molar-refractivity contribution is -0.154. The molecular weight excluding hydrogens is 356 g/mol. The van der Waals surface area contributed by atoms with Gasteiger partial charge in [0.2, 0.25) is 11.8 Å². The number of hydrogen-bond donors (Lipinski definition) is 2. The Morgan fingerprint density at radius 2 is 1.54 bits per heavy atom. The summed E-state index contributed by atoms with van der Waals surface area (Å²) in [5, 5.41) is 2.87. The van der Waals surface area contributed by atoms with Crippen LogP contribution >= 0.6 is 0 Å². The van der Waals surface area contributed by atoms with Crippen LogP contribution in [0.25, 0.3) is 0 Å². The summed E-state index contributed by atoms with van der Waals surface area (Å²) < 4.78 is 5.97. The first kappa shape index (κ1) is 26.9. The molecule has 0 rings (SSSR count). The zero-order valence-corrected chi connectivity index (χ0v) is 19.7. The lowest BCUT2D eigenvalue weighted by atomic mass is 9.81. The van der Waals surface area contributed by atoms with Crippen LogP contribution in [-0.4, -0.2) is 36.2 Å². The van der Waals surface area contributed by atoms with Gasteiger partial charge < -0.3 is 10.1 Å². The fourth-order valence-corrected chi connectivity index (χ4v) is 3.17. The molecule has 6 heteroatoms. The third-order valence-corrected chi connectivity index (χ3v) is 4.61. The molecule has 2 amide bonds. The van der Waals surface area contributed by atoms with Crippen LogP contribution in [0.15, 0.2) is 0 Å². The monoisotopic (exact) mass is 400 g/mol. The Labute approximate surface area is 172 Å². The molecule has 6 nitrogen and oxygen atoms in total. The molecule has 0 bridgehead atoms. The van der Waals surface area contributed by atoms with Crippen LogP contribution in [0.3, 0.4) is 0 Å². The van der Waals surface area contributed by atoms with E-state index in [0.717, 1.165) is 12.8 Å². The highest BCUT2D eigenvalue weighted by Crippen LogP contribution is 2.29. The molecule has 0 atom stereocenters. The van der Waals surface area contributed by atoms with E-state index in [0.29, 0.717) is 38.3 Å². The molecule has 28 heavy (non-hydrogen) atoms. The van der Waals surface area contributed by atoms with E-state index in [9.17, 15) is 9.59 Å². The van der Waals surface area contributed by atoms with Crippen molar-refractivity contribution in [2.45, 2.75) is 106 Å². The van der Waals surface area contributed by atoms with E-state index in [1.165, 1.54) is 0 Å². The third kappa shape index (κ3) is 13.9. The quantitative estimate of drug-likeness (QED) is 0.424. The molecule has 0 aromatic rings. The summed E-state index contributed by atoms with van der Waals surface area (Å²) in [7, 11) is 0. The van der Waals surface area contributed by atoms with Gasteiger partial charge in [0, 0.05) is 25.8 Å². The average molecular weight is 401 g/mol. The molecule has 2 N–H and O–H groups in total. The second-order valence-corrected chi connectivity index (χ2v) is 10.1. The standard InChI is InChI=1S/C22H44N2O4/c1-10-18(25)23-13-11-21(6,7)27-14-12-22(8,9)28-24-19(26)16-20(4,5)15-17(2)3/h17H,10-16H2,1-9H3,(H,23,25)(H,24,26). The first-order valence-electron chi connectivity index (χ1n) is 10.6. The number of rotatable bonds is 14. The summed E-state index contributed by atoms with van der Waals surface area (Å²) in [6, 6.07) is 0. The van der Waals surface area contributed by atoms with Crippen molar-refractivity contribution in [3.8, 4) is 0 Å². The number of hydroxylamine groups is 1. The van der Waals surface area contributed by atoms with E-state index in [1.54, 1.807) is 0 Å². The Morgan fingerprint density at radius 1 is 0.929 bits per heavy atom. The molecule has 0 unspecified atom stereocenters. The van der Waals surface area contributed by atoms with Crippen molar-refractivity contribution < 1.29 is 19.2 Å². The van der Waals surface area contributed by atoms with E-state index in [1.807, 2.05) is 34.6 Å². The van der Waals surface area contributed by atoms with Crippen LogP contribution in [0.2, 0.25) is 0 Å². The van der Waals surface area contributed by atoms with Gasteiger partial charge in [0.15, 0.2) is 0 Å². The number of ether oxygens (including phenoxy) is 1. The molecular formula is C22H44N2O4. The maximum Gasteiger partial charge on any atom is 0.244 e. The fraction of sp³-hybridized carbons (Fsp3) is 0.909. The van der Waals surface area contributed by atoms with Gasteiger partial charge in [-0.25, -0.2) is 5.48 Å². The maximum absolute atomic E-state index is 12.2. The summed E-state index contributed by atoms with van der Waals surface area (Å²) in [5.41, 5.74) is 1.71. The van der Waals surface area contributed by atoms with Crippen molar-refractivity contribution in [1.29, 1.82) is 0 Å². The molecule has 0 radical (unpaired) electrons. The summed E-state index contributed by atoms with van der Waals surface area (Å²) >= 11 is 0. The molecule has 0 aliphatic rings. The number of hydrogen-bond acceptors (Lipinski definition) is 4. The second kappa shape index (κ2) is 11.8. The van der Waals surface area contributed by atoms with Crippen LogP contribution in [0.4, 0.5) is 0 Å². The predicted molar refractivity (Wildman–Crippen MR) is 114 cm³/mol. The van der Waals surface area contributed by atoms with Crippen LogP contribution in [0.1, 0.15) is 94.4 Å². The Morgan fingerprint density at radius 3 is 2.07 bits per heavy atom. The van der Waals surface area contributed by atoms with E-state index in [-0.39, 0.29) is 22.8 Å².